The summed E-state index contributed by atoms with van der Waals surface area (Å²) in [5.41, 5.74) is 1.77. The van der Waals surface area contributed by atoms with Gasteiger partial charge in [0.05, 0.1) is 0 Å². The van der Waals surface area contributed by atoms with E-state index in [0.29, 0.717) is 29.8 Å². The van der Waals surface area contributed by atoms with Gasteiger partial charge in [0.1, 0.15) is 24.8 Å². The molecule has 0 bridgehead atoms. The first-order chi connectivity index (χ1) is 10.3. The molecule has 0 aromatic heterocycles. The van der Waals surface area contributed by atoms with Crippen LogP contribution in [-0.4, -0.2) is 19.7 Å². The van der Waals surface area contributed by atoms with Crippen LogP contribution in [-0.2, 0) is 14.3 Å². The van der Waals surface area contributed by atoms with Crippen LogP contribution >= 0.6 is 0 Å². The summed E-state index contributed by atoms with van der Waals surface area (Å²) in [5, 5.41) is 0. The zero-order valence-electron chi connectivity index (χ0n) is 13.3. The molecule has 0 saturated heterocycles. The quantitative estimate of drug-likeness (QED) is 0.243. The number of carbonyl (C=O) groups is 1. The molecule has 0 aliphatic rings. The largest absolute Gasteiger partial charge is 0.489 e. The molecule has 0 spiro atoms. The first kappa shape index (κ1) is 19.6. The van der Waals surface area contributed by atoms with Gasteiger partial charge in [-0.25, -0.2) is 4.39 Å². The first-order valence-corrected chi connectivity index (χ1v) is 6.82. The highest BCUT2D eigenvalue weighted by atomic mass is 19.1. The second kappa shape index (κ2) is 10.4. The van der Waals surface area contributed by atoms with E-state index < -0.39 is 5.83 Å². The normalized spacial score (nSPS) is 11.6. The summed E-state index contributed by atoms with van der Waals surface area (Å²) >= 11 is 0. The maximum atomic E-state index is 14.0. The van der Waals surface area contributed by atoms with E-state index >= 15 is 0 Å². The van der Waals surface area contributed by atoms with Crippen molar-refractivity contribution in [3.8, 4) is 0 Å². The van der Waals surface area contributed by atoms with Crippen molar-refractivity contribution >= 4 is 6.47 Å². The SMILES string of the molecule is C=C(C)/C=C(/F)C(=C)C(=C)/C(=C\C(=C)CC)OCCOC=O. The van der Waals surface area contributed by atoms with Crippen molar-refractivity contribution in [1.82, 2.24) is 0 Å². The average molecular weight is 306 g/mol. The molecule has 0 aromatic rings. The number of hydrogen-bond acceptors (Lipinski definition) is 3. The molecule has 0 unspecified atom stereocenters. The Balaban J connectivity index is 5.15. The minimum Gasteiger partial charge on any atom is -0.489 e. The van der Waals surface area contributed by atoms with E-state index in [1.54, 1.807) is 13.0 Å². The lowest BCUT2D eigenvalue weighted by Gasteiger charge is -2.14. The third-order valence-electron chi connectivity index (χ3n) is 2.64. The summed E-state index contributed by atoms with van der Waals surface area (Å²) in [6.07, 6.45) is 3.65. The van der Waals surface area contributed by atoms with Crippen LogP contribution in [0.2, 0.25) is 0 Å². The van der Waals surface area contributed by atoms with E-state index in [0.717, 1.165) is 5.57 Å². The van der Waals surface area contributed by atoms with Gasteiger partial charge in [-0.2, -0.15) is 0 Å². The van der Waals surface area contributed by atoms with Gasteiger partial charge in [-0.3, -0.25) is 4.79 Å². The zero-order chi connectivity index (χ0) is 17.1. The Morgan fingerprint density at radius 3 is 2.23 bits per heavy atom. The van der Waals surface area contributed by atoms with Crippen LogP contribution in [0.15, 0.2) is 72.3 Å². The van der Waals surface area contributed by atoms with Gasteiger partial charge in [0.25, 0.3) is 6.47 Å². The minimum atomic E-state index is -0.529. The van der Waals surface area contributed by atoms with Crippen LogP contribution in [0.3, 0.4) is 0 Å². The van der Waals surface area contributed by atoms with Crippen molar-refractivity contribution < 1.29 is 18.7 Å². The Labute approximate surface area is 131 Å². The van der Waals surface area contributed by atoms with Gasteiger partial charge in [-0.05, 0) is 25.5 Å². The maximum Gasteiger partial charge on any atom is 0.293 e. The molecule has 0 aromatic carbocycles. The van der Waals surface area contributed by atoms with E-state index in [1.165, 1.54) is 6.08 Å². The van der Waals surface area contributed by atoms with E-state index in [4.69, 9.17) is 4.74 Å². The molecule has 0 rings (SSSR count). The van der Waals surface area contributed by atoms with Crippen molar-refractivity contribution in [2.24, 2.45) is 0 Å². The van der Waals surface area contributed by atoms with Gasteiger partial charge in [-0.1, -0.05) is 44.4 Å². The van der Waals surface area contributed by atoms with Gasteiger partial charge in [-0.15, -0.1) is 0 Å². The van der Waals surface area contributed by atoms with Crippen molar-refractivity contribution in [3.63, 3.8) is 0 Å². The van der Waals surface area contributed by atoms with Crippen molar-refractivity contribution in [2.45, 2.75) is 20.3 Å². The molecule has 0 N–H and O–H groups in total. The summed E-state index contributed by atoms with van der Waals surface area (Å²) < 4.78 is 24.0. The topological polar surface area (TPSA) is 35.5 Å². The number of hydrogen-bond donors (Lipinski definition) is 0. The minimum absolute atomic E-state index is 0.0866. The van der Waals surface area contributed by atoms with Crippen LogP contribution in [0.25, 0.3) is 0 Å². The fraction of sp³-hybridized carbons (Fsp3) is 0.278. The molecule has 3 nitrogen and oxygen atoms in total. The van der Waals surface area contributed by atoms with Crippen molar-refractivity contribution in [2.75, 3.05) is 13.2 Å². The number of halogens is 1. The molecule has 0 saturated carbocycles. The fourth-order valence-corrected chi connectivity index (χ4v) is 1.35. The summed E-state index contributed by atoms with van der Waals surface area (Å²) in [6, 6.07) is 0. The Kier molecular flexibility index (Phi) is 9.27. The molecule has 0 heterocycles. The van der Waals surface area contributed by atoms with Crippen molar-refractivity contribution in [1.29, 1.82) is 0 Å². The summed E-state index contributed by atoms with van der Waals surface area (Å²) in [7, 11) is 0. The second-order valence-electron chi connectivity index (χ2n) is 4.63. The number of allylic oxidation sites excluding steroid dienone is 6. The number of ether oxygens (including phenoxy) is 2. The lowest BCUT2D eigenvalue weighted by Crippen LogP contribution is -2.06. The Hall–Kier alpha value is -2.36. The van der Waals surface area contributed by atoms with E-state index in [2.05, 4.69) is 31.1 Å². The molecule has 0 radical (unpaired) electrons. The monoisotopic (exact) mass is 306 g/mol. The highest BCUT2D eigenvalue weighted by Gasteiger charge is 2.13. The Morgan fingerprint density at radius 2 is 1.73 bits per heavy atom. The van der Waals surface area contributed by atoms with E-state index in [9.17, 15) is 9.18 Å². The molecule has 120 valence electrons. The van der Waals surface area contributed by atoms with Gasteiger partial charge in [0.15, 0.2) is 0 Å². The second-order valence-corrected chi connectivity index (χ2v) is 4.63. The highest BCUT2D eigenvalue weighted by Crippen LogP contribution is 2.26. The number of rotatable bonds is 11. The predicted molar refractivity (Wildman–Crippen MR) is 87.8 cm³/mol. The lowest BCUT2D eigenvalue weighted by atomic mass is 10.0. The average Bonchev–Trinajstić information content (AvgIpc) is 2.47. The predicted octanol–water partition coefficient (Wildman–Crippen LogP) is 4.57. The van der Waals surface area contributed by atoms with Crippen LogP contribution in [0.1, 0.15) is 20.3 Å². The third-order valence-corrected chi connectivity index (χ3v) is 2.64. The molecule has 22 heavy (non-hydrogen) atoms. The van der Waals surface area contributed by atoms with E-state index in [1.807, 2.05) is 6.92 Å². The Bertz CT molecular complexity index is 524. The first-order valence-electron chi connectivity index (χ1n) is 6.82. The molecule has 0 aliphatic heterocycles. The zero-order valence-corrected chi connectivity index (χ0v) is 13.3. The van der Waals surface area contributed by atoms with Crippen LogP contribution in [0.5, 0.6) is 0 Å². The van der Waals surface area contributed by atoms with E-state index in [-0.39, 0.29) is 18.8 Å². The van der Waals surface area contributed by atoms with Gasteiger partial charge < -0.3 is 9.47 Å². The lowest BCUT2D eigenvalue weighted by molar-refractivity contribution is -0.129. The molecule has 4 heteroatoms. The van der Waals surface area contributed by atoms with Crippen LogP contribution in [0.4, 0.5) is 4.39 Å². The maximum absolute atomic E-state index is 14.0. The molecular weight excluding hydrogens is 283 g/mol. The van der Waals surface area contributed by atoms with Crippen LogP contribution < -0.4 is 0 Å². The standard InChI is InChI=1S/C18H23FO3/c1-7-14(4)11-18(22-9-8-21-12-20)16(6)15(5)17(19)10-13(2)3/h10-12H,2,4-9H2,1,3H3/b17-10+,18-11+. The van der Waals surface area contributed by atoms with Gasteiger partial charge in [0.2, 0.25) is 0 Å². The summed E-state index contributed by atoms with van der Waals surface area (Å²) in [5.74, 6) is -0.185. The Morgan fingerprint density at radius 1 is 1.09 bits per heavy atom. The molecular formula is C18H23FO3. The third kappa shape index (κ3) is 7.43. The summed E-state index contributed by atoms with van der Waals surface area (Å²) in [4.78, 5) is 10.1. The molecule has 0 amide bonds. The van der Waals surface area contributed by atoms with Gasteiger partial charge >= 0.3 is 0 Å². The van der Waals surface area contributed by atoms with Crippen molar-refractivity contribution in [3.05, 3.63) is 72.3 Å². The fourth-order valence-electron chi connectivity index (χ4n) is 1.35. The molecule has 0 fully saturated rings. The molecule has 0 atom stereocenters. The summed E-state index contributed by atoms with van der Waals surface area (Å²) in [6.45, 7) is 19.1. The highest BCUT2D eigenvalue weighted by molar-refractivity contribution is 5.51. The van der Waals surface area contributed by atoms with Crippen LogP contribution in [0, 0.1) is 0 Å². The van der Waals surface area contributed by atoms with Gasteiger partial charge in [0, 0.05) is 11.1 Å². The molecule has 0 aliphatic carbocycles. The number of carbonyl (C=O) groups excluding carboxylic acids is 1. The smallest absolute Gasteiger partial charge is 0.293 e.